The van der Waals surface area contributed by atoms with E-state index in [4.69, 9.17) is 18.6 Å². The normalized spacial score (nSPS) is 14.5. The molecule has 1 aliphatic rings. The maximum absolute atomic E-state index is 12.2. The molecule has 158 valence electrons. The highest BCUT2D eigenvalue weighted by Crippen LogP contribution is 2.36. The minimum absolute atomic E-state index is 0.152. The molecule has 1 aromatic heterocycles. The lowest BCUT2D eigenvalue weighted by Crippen LogP contribution is -2.04. The molecule has 7 heteroatoms. The van der Waals surface area contributed by atoms with Crippen LogP contribution in [0, 0.1) is 10.5 Å². The molecule has 0 saturated carbocycles. The number of carbonyl (C=O) groups is 1. The molecular formula is C24H20INO5. The van der Waals surface area contributed by atoms with Crippen LogP contribution in [0.3, 0.4) is 0 Å². The number of benzene rings is 2. The Morgan fingerprint density at radius 1 is 1.13 bits per heavy atom. The summed E-state index contributed by atoms with van der Waals surface area (Å²) in [4.78, 5) is 16.5. The summed E-state index contributed by atoms with van der Waals surface area (Å²) in [6, 6.07) is 15.3. The van der Waals surface area contributed by atoms with Gasteiger partial charge in [0.05, 0.1) is 16.4 Å². The van der Waals surface area contributed by atoms with E-state index in [1.165, 1.54) is 11.8 Å². The van der Waals surface area contributed by atoms with E-state index in [1.807, 2.05) is 31.2 Å². The van der Waals surface area contributed by atoms with Crippen molar-refractivity contribution in [3.8, 4) is 11.5 Å². The third-order valence-electron chi connectivity index (χ3n) is 4.45. The Kier molecular flexibility index (Phi) is 6.41. The van der Waals surface area contributed by atoms with E-state index in [9.17, 15) is 4.79 Å². The van der Waals surface area contributed by atoms with Crippen LogP contribution in [0.25, 0.3) is 6.08 Å². The van der Waals surface area contributed by atoms with Crippen molar-refractivity contribution in [1.82, 2.24) is 0 Å². The van der Waals surface area contributed by atoms with Gasteiger partial charge in [-0.25, -0.2) is 9.79 Å². The summed E-state index contributed by atoms with van der Waals surface area (Å²) in [5.41, 5.74) is 3.21. The summed E-state index contributed by atoms with van der Waals surface area (Å²) >= 11 is 2.20. The monoisotopic (exact) mass is 529 g/mol. The van der Waals surface area contributed by atoms with Crippen molar-refractivity contribution in [2.24, 2.45) is 4.99 Å². The molecule has 0 fully saturated rings. The second-order valence-corrected chi connectivity index (χ2v) is 8.02. The van der Waals surface area contributed by atoms with Gasteiger partial charge in [-0.05, 0) is 77.9 Å². The summed E-state index contributed by atoms with van der Waals surface area (Å²) in [5.74, 6) is 1.30. The van der Waals surface area contributed by atoms with Crippen LogP contribution in [0.4, 0.5) is 0 Å². The Labute approximate surface area is 193 Å². The molecule has 0 N–H and O–H groups in total. The average Bonchev–Trinajstić information content (AvgIpc) is 3.38. The number of aryl methyl sites for hydroxylation is 1. The summed E-state index contributed by atoms with van der Waals surface area (Å²) in [6.07, 6.45) is 3.16. The number of ether oxygens (including phenoxy) is 3. The van der Waals surface area contributed by atoms with Crippen LogP contribution in [0.5, 0.6) is 11.5 Å². The Hall–Kier alpha value is -3.07. The van der Waals surface area contributed by atoms with Gasteiger partial charge in [0.1, 0.15) is 6.61 Å². The average molecular weight is 529 g/mol. The smallest absolute Gasteiger partial charge is 0.363 e. The van der Waals surface area contributed by atoms with Crippen molar-refractivity contribution in [1.29, 1.82) is 0 Å². The number of carbonyl (C=O) groups excluding carboxylic acids is 1. The van der Waals surface area contributed by atoms with Crippen LogP contribution < -0.4 is 9.47 Å². The van der Waals surface area contributed by atoms with E-state index in [0.29, 0.717) is 30.5 Å². The standard InChI is InChI=1S/C24H20INO5/c1-3-28-21-13-17(12-19-24(27)31-23(26-19)20-8-5-9-29-20)11-18(25)22(21)30-14-16-7-4-6-15(2)10-16/h4-13H,3,14H2,1-2H3/b19-12-. The lowest BCUT2D eigenvalue weighted by molar-refractivity contribution is -0.130. The number of rotatable bonds is 7. The minimum Gasteiger partial charge on any atom is -0.490 e. The molecule has 0 spiro atoms. The summed E-state index contributed by atoms with van der Waals surface area (Å²) in [7, 11) is 0. The molecule has 0 amide bonds. The maximum Gasteiger partial charge on any atom is 0.363 e. The SMILES string of the molecule is CCOc1cc(/C=C2\N=C(c3ccco3)OC2=O)cc(I)c1OCc1cccc(C)c1. The molecule has 0 radical (unpaired) electrons. The first kappa shape index (κ1) is 21.2. The van der Waals surface area contributed by atoms with E-state index in [-0.39, 0.29) is 11.6 Å². The Morgan fingerprint density at radius 3 is 2.74 bits per heavy atom. The van der Waals surface area contributed by atoms with Gasteiger partial charge in [0.2, 0.25) is 0 Å². The highest BCUT2D eigenvalue weighted by Gasteiger charge is 2.26. The van der Waals surface area contributed by atoms with E-state index >= 15 is 0 Å². The fourth-order valence-electron chi connectivity index (χ4n) is 3.10. The molecule has 0 unspecified atom stereocenters. The summed E-state index contributed by atoms with van der Waals surface area (Å²) < 4.78 is 23.2. The van der Waals surface area contributed by atoms with Crippen molar-refractivity contribution in [3.05, 3.63) is 86.5 Å². The zero-order valence-electron chi connectivity index (χ0n) is 17.1. The molecule has 4 rings (SSSR count). The van der Waals surface area contributed by atoms with Crippen LogP contribution in [0.15, 0.2) is 69.9 Å². The number of aliphatic imine (C=N–C) groups is 1. The van der Waals surface area contributed by atoms with Crippen molar-refractivity contribution in [3.63, 3.8) is 0 Å². The number of cyclic esters (lactones) is 1. The molecule has 1 aliphatic heterocycles. The van der Waals surface area contributed by atoms with E-state index in [0.717, 1.165) is 14.7 Å². The zero-order chi connectivity index (χ0) is 21.8. The molecule has 0 atom stereocenters. The molecule has 0 aliphatic carbocycles. The quantitative estimate of drug-likeness (QED) is 0.229. The van der Waals surface area contributed by atoms with Crippen LogP contribution in [0.1, 0.15) is 29.4 Å². The Bertz CT molecular complexity index is 1160. The van der Waals surface area contributed by atoms with E-state index < -0.39 is 5.97 Å². The maximum atomic E-state index is 12.2. The Balaban J connectivity index is 1.61. The van der Waals surface area contributed by atoms with Crippen molar-refractivity contribution in [2.75, 3.05) is 6.61 Å². The number of hydrogen-bond acceptors (Lipinski definition) is 6. The van der Waals surface area contributed by atoms with Gasteiger partial charge >= 0.3 is 5.97 Å². The van der Waals surface area contributed by atoms with Crippen molar-refractivity contribution in [2.45, 2.75) is 20.5 Å². The summed E-state index contributed by atoms with van der Waals surface area (Å²) in [5, 5.41) is 0. The first-order valence-electron chi connectivity index (χ1n) is 9.74. The van der Waals surface area contributed by atoms with Gasteiger partial charge in [-0.1, -0.05) is 29.8 Å². The fraction of sp³-hybridized carbons (Fsp3) is 0.167. The second-order valence-electron chi connectivity index (χ2n) is 6.85. The first-order chi connectivity index (χ1) is 15.0. The molecular weight excluding hydrogens is 509 g/mol. The minimum atomic E-state index is -0.529. The summed E-state index contributed by atoms with van der Waals surface area (Å²) in [6.45, 7) is 4.88. The van der Waals surface area contributed by atoms with Crippen LogP contribution in [-0.4, -0.2) is 18.5 Å². The van der Waals surface area contributed by atoms with E-state index in [1.54, 1.807) is 18.2 Å². The third kappa shape index (κ3) is 4.99. The third-order valence-corrected chi connectivity index (χ3v) is 5.25. The lowest BCUT2D eigenvalue weighted by Gasteiger charge is -2.15. The predicted octanol–water partition coefficient (Wildman–Crippen LogP) is 5.51. The molecule has 6 nitrogen and oxygen atoms in total. The van der Waals surface area contributed by atoms with Gasteiger partial charge in [0.25, 0.3) is 5.90 Å². The van der Waals surface area contributed by atoms with Crippen molar-refractivity contribution < 1.29 is 23.4 Å². The lowest BCUT2D eigenvalue weighted by atomic mass is 10.1. The highest BCUT2D eigenvalue weighted by molar-refractivity contribution is 14.1. The molecule has 31 heavy (non-hydrogen) atoms. The Morgan fingerprint density at radius 2 is 2.00 bits per heavy atom. The van der Waals surface area contributed by atoms with Gasteiger partial charge < -0.3 is 18.6 Å². The van der Waals surface area contributed by atoms with E-state index in [2.05, 4.69) is 46.6 Å². The topological polar surface area (TPSA) is 70.3 Å². The van der Waals surface area contributed by atoms with Gasteiger partial charge in [-0.15, -0.1) is 0 Å². The fourth-order valence-corrected chi connectivity index (χ4v) is 3.89. The van der Waals surface area contributed by atoms with Gasteiger partial charge in [0.15, 0.2) is 23.0 Å². The largest absolute Gasteiger partial charge is 0.490 e. The zero-order valence-corrected chi connectivity index (χ0v) is 19.2. The number of halogens is 1. The van der Waals surface area contributed by atoms with Crippen LogP contribution in [-0.2, 0) is 16.1 Å². The van der Waals surface area contributed by atoms with Gasteiger partial charge in [-0.2, -0.15) is 0 Å². The number of esters is 1. The molecule has 0 bridgehead atoms. The molecule has 0 saturated heterocycles. The molecule has 2 heterocycles. The molecule has 2 aromatic carbocycles. The molecule has 3 aromatic rings. The number of nitrogens with zero attached hydrogens (tertiary/aromatic N) is 1. The van der Waals surface area contributed by atoms with Crippen LogP contribution in [0.2, 0.25) is 0 Å². The highest BCUT2D eigenvalue weighted by atomic mass is 127. The second kappa shape index (κ2) is 9.38. The van der Waals surface area contributed by atoms with Gasteiger partial charge in [-0.3, -0.25) is 0 Å². The van der Waals surface area contributed by atoms with Crippen LogP contribution >= 0.6 is 22.6 Å². The predicted molar refractivity (Wildman–Crippen MR) is 125 cm³/mol. The van der Waals surface area contributed by atoms with Crippen molar-refractivity contribution >= 4 is 40.5 Å². The number of hydrogen-bond donors (Lipinski definition) is 0. The first-order valence-corrected chi connectivity index (χ1v) is 10.8. The number of furan rings is 1. The van der Waals surface area contributed by atoms with Gasteiger partial charge in [0, 0.05) is 0 Å².